The minimum absolute atomic E-state index is 0.173. The second-order valence-corrected chi connectivity index (χ2v) is 4.65. The molecule has 0 saturated heterocycles. The number of phenols is 1. The van der Waals surface area contributed by atoms with E-state index < -0.39 is 0 Å². The molecule has 1 aromatic carbocycles. The van der Waals surface area contributed by atoms with Crippen LogP contribution in [0.1, 0.15) is 0 Å². The Morgan fingerprint density at radius 1 is 1.11 bits per heavy atom. The molecule has 4 nitrogen and oxygen atoms in total. The lowest BCUT2D eigenvalue weighted by Gasteiger charge is -1.97. The predicted octanol–water partition coefficient (Wildman–Crippen LogP) is 4.35. The predicted molar refractivity (Wildman–Crippen MR) is 73.4 cm³/mol. The third-order valence-corrected chi connectivity index (χ3v) is 3.20. The van der Waals surface area contributed by atoms with Crippen molar-refractivity contribution in [3.05, 3.63) is 46.7 Å². The second-order valence-electron chi connectivity index (χ2n) is 3.89. The van der Waals surface area contributed by atoms with Gasteiger partial charge in [-0.1, -0.05) is 23.2 Å². The number of benzene rings is 1. The van der Waals surface area contributed by atoms with E-state index >= 15 is 0 Å². The van der Waals surface area contributed by atoms with Gasteiger partial charge in [-0.3, -0.25) is 0 Å². The molecule has 6 heteroatoms. The first-order valence-electron chi connectivity index (χ1n) is 5.44. The van der Waals surface area contributed by atoms with Crippen LogP contribution in [0, 0.1) is 0 Å². The van der Waals surface area contributed by atoms with Gasteiger partial charge in [-0.05, 0) is 30.3 Å². The molecule has 0 radical (unpaired) electrons. The topological polar surface area (TPSA) is 62.1 Å². The van der Waals surface area contributed by atoms with E-state index in [1.807, 2.05) is 0 Å². The smallest absolute Gasteiger partial charge is 0.246 e. The molecule has 0 aliphatic heterocycles. The van der Waals surface area contributed by atoms with Gasteiger partial charge in [0.05, 0.1) is 5.02 Å². The first kappa shape index (κ1) is 12.1. The number of aromatic amines is 1. The minimum Gasteiger partial charge on any atom is -0.508 e. The van der Waals surface area contributed by atoms with Crippen LogP contribution < -0.4 is 0 Å². The maximum atomic E-state index is 9.26. The van der Waals surface area contributed by atoms with Crippen molar-refractivity contribution in [1.82, 2.24) is 9.97 Å². The van der Waals surface area contributed by atoms with Crippen molar-refractivity contribution in [2.45, 2.75) is 0 Å². The van der Waals surface area contributed by atoms with Crippen LogP contribution in [0.15, 0.2) is 40.9 Å². The van der Waals surface area contributed by atoms with Crippen LogP contribution in [-0.2, 0) is 0 Å². The first-order chi connectivity index (χ1) is 9.15. The standard InChI is InChI=1S/C13H8Cl2N2O2/c14-9-5-6-16-10(9)13-17-12(15)11(19-13)7-1-3-8(18)4-2-7/h1-6,16,18H. The molecule has 0 fully saturated rings. The number of H-pyrrole nitrogens is 1. The highest BCUT2D eigenvalue weighted by atomic mass is 35.5. The molecule has 0 aliphatic rings. The van der Waals surface area contributed by atoms with Crippen molar-refractivity contribution >= 4 is 23.2 Å². The van der Waals surface area contributed by atoms with Gasteiger partial charge in [0.2, 0.25) is 5.89 Å². The van der Waals surface area contributed by atoms with Crippen LogP contribution in [-0.4, -0.2) is 15.1 Å². The largest absolute Gasteiger partial charge is 0.508 e. The number of nitrogens with one attached hydrogen (secondary N) is 1. The van der Waals surface area contributed by atoms with Crippen LogP contribution in [0.25, 0.3) is 22.9 Å². The average Bonchev–Trinajstić information content (AvgIpc) is 2.96. The molecule has 0 unspecified atom stereocenters. The fourth-order valence-corrected chi connectivity index (χ4v) is 2.14. The summed E-state index contributed by atoms with van der Waals surface area (Å²) in [5.74, 6) is 0.928. The van der Waals surface area contributed by atoms with Crippen molar-refractivity contribution in [1.29, 1.82) is 0 Å². The summed E-state index contributed by atoms with van der Waals surface area (Å²) in [5.41, 5.74) is 1.30. The highest BCUT2D eigenvalue weighted by Crippen LogP contribution is 2.34. The lowest BCUT2D eigenvalue weighted by molar-refractivity contribution is 0.475. The van der Waals surface area contributed by atoms with E-state index in [0.29, 0.717) is 22.4 Å². The SMILES string of the molecule is Oc1ccc(-c2oc(-c3[nH]ccc3Cl)nc2Cl)cc1. The molecule has 0 saturated carbocycles. The molecule has 3 rings (SSSR count). The molecule has 2 heterocycles. The van der Waals surface area contributed by atoms with Gasteiger partial charge in [-0.15, -0.1) is 0 Å². The number of rotatable bonds is 2. The van der Waals surface area contributed by atoms with Crippen LogP contribution in [0.2, 0.25) is 10.2 Å². The summed E-state index contributed by atoms with van der Waals surface area (Å²) in [7, 11) is 0. The minimum atomic E-state index is 0.173. The van der Waals surface area contributed by atoms with E-state index in [2.05, 4.69) is 9.97 Å². The number of halogens is 2. The average molecular weight is 295 g/mol. The number of oxazole rings is 1. The molecule has 0 atom stereocenters. The third kappa shape index (κ3) is 2.20. The summed E-state index contributed by atoms with van der Waals surface area (Å²) in [6.07, 6.45) is 1.69. The third-order valence-electron chi connectivity index (χ3n) is 2.63. The molecular weight excluding hydrogens is 287 g/mol. The second kappa shape index (κ2) is 4.64. The Kier molecular flexibility index (Phi) is 2.97. The molecule has 0 spiro atoms. The van der Waals surface area contributed by atoms with Gasteiger partial charge in [0.25, 0.3) is 0 Å². The number of aromatic nitrogens is 2. The fraction of sp³-hybridized carbons (Fsp3) is 0. The number of phenolic OH excluding ortho intramolecular Hbond substituents is 1. The Morgan fingerprint density at radius 2 is 1.84 bits per heavy atom. The summed E-state index contributed by atoms with van der Waals surface area (Å²) < 4.78 is 5.63. The Hall–Kier alpha value is -1.91. The Balaban J connectivity index is 2.07. The van der Waals surface area contributed by atoms with E-state index in [1.165, 1.54) is 0 Å². The van der Waals surface area contributed by atoms with Crippen molar-refractivity contribution in [3.8, 4) is 28.7 Å². The lowest BCUT2D eigenvalue weighted by Crippen LogP contribution is -1.76. The van der Waals surface area contributed by atoms with Crippen molar-refractivity contribution in [3.63, 3.8) is 0 Å². The molecular formula is C13H8Cl2N2O2. The van der Waals surface area contributed by atoms with E-state index in [-0.39, 0.29) is 10.9 Å². The lowest BCUT2D eigenvalue weighted by atomic mass is 10.2. The zero-order chi connectivity index (χ0) is 13.4. The molecule has 96 valence electrons. The monoisotopic (exact) mass is 294 g/mol. The van der Waals surface area contributed by atoms with Crippen LogP contribution >= 0.6 is 23.2 Å². The molecule has 0 amide bonds. The molecule has 0 bridgehead atoms. The first-order valence-corrected chi connectivity index (χ1v) is 6.20. The van der Waals surface area contributed by atoms with Gasteiger partial charge >= 0.3 is 0 Å². The fourth-order valence-electron chi connectivity index (χ4n) is 1.71. The van der Waals surface area contributed by atoms with E-state index in [4.69, 9.17) is 27.6 Å². The summed E-state index contributed by atoms with van der Waals surface area (Å²) in [4.78, 5) is 7.07. The van der Waals surface area contributed by atoms with Crippen LogP contribution in [0.3, 0.4) is 0 Å². The Bertz CT molecular complexity index is 717. The van der Waals surface area contributed by atoms with Gasteiger partial charge in [-0.25, -0.2) is 0 Å². The van der Waals surface area contributed by atoms with Gasteiger partial charge in [0.1, 0.15) is 11.4 Å². The molecule has 2 aromatic heterocycles. The van der Waals surface area contributed by atoms with E-state index in [9.17, 15) is 5.11 Å². The highest BCUT2D eigenvalue weighted by molar-refractivity contribution is 6.33. The Labute approximate surface area is 118 Å². The van der Waals surface area contributed by atoms with Gasteiger partial charge in [0.15, 0.2) is 10.9 Å². The summed E-state index contributed by atoms with van der Waals surface area (Å²) >= 11 is 12.1. The molecule has 2 N–H and O–H groups in total. The quantitative estimate of drug-likeness (QED) is 0.738. The summed E-state index contributed by atoms with van der Waals surface area (Å²) in [5, 5.41) is 10.0. The number of hydrogen-bond donors (Lipinski definition) is 2. The summed E-state index contributed by atoms with van der Waals surface area (Å²) in [6.45, 7) is 0. The number of aromatic hydroxyl groups is 1. The van der Waals surface area contributed by atoms with E-state index in [0.717, 1.165) is 5.56 Å². The molecule has 3 aromatic rings. The number of hydrogen-bond acceptors (Lipinski definition) is 3. The maximum absolute atomic E-state index is 9.26. The zero-order valence-corrected chi connectivity index (χ0v) is 11.0. The van der Waals surface area contributed by atoms with Gasteiger partial charge in [-0.2, -0.15) is 4.98 Å². The van der Waals surface area contributed by atoms with E-state index in [1.54, 1.807) is 36.5 Å². The van der Waals surface area contributed by atoms with Crippen molar-refractivity contribution in [2.75, 3.05) is 0 Å². The molecule has 19 heavy (non-hydrogen) atoms. The highest BCUT2D eigenvalue weighted by Gasteiger charge is 2.17. The maximum Gasteiger partial charge on any atom is 0.246 e. The van der Waals surface area contributed by atoms with Crippen molar-refractivity contribution in [2.24, 2.45) is 0 Å². The van der Waals surface area contributed by atoms with Crippen LogP contribution in [0.4, 0.5) is 0 Å². The molecule has 0 aliphatic carbocycles. The van der Waals surface area contributed by atoms with Gasteiger partial charge < -0.3 is 14.5 Å². The van der Waals surface area contributed by atoms with Crippen LogP contribution in [0.5, 0.6) is 5.75 Å². The van der Waals surface area contributed by atoms with Crippen molar-refractivity contribution < 1.29 is 9.52 Å². The zero-order valence-electron chi connectivity index (χ0n) is 9.52. The number of nitrogens with zero attached hydrogens (tertiary/aromatic N) is 1. The Morgan fingerprint density at radius 3 is 2.47 bits per heavy atom. The summed E-state index contributed by atoms with van der Waals surface area (Å²) in [6, 6.07) is 8.20. The normalized spacial score (nSPS) is 10.8. The van der Waals surface area contributed by atoms with Gasteiger partial charge in [0, 0.05) is 11.8 Å².